The molecule has 0 bridgehead atoms. The van der Waals surface area contributed by atoms with Crippen LogP contribution in [0.5, 0.6) is 0 Å². The summed E-state index contributed by atoms with van der Waals surface area (Å²) < 4.78 is 2.02. The van der Waals surface area contributed by atoms with Crippen LogP contribution in [-0.4, -0.2) is 31.5 Å². The Morgan fingerprint density at radius 3 is 2.52 bits per heavy atom. The second-order valence-electron chi connectivity index (χ2n) is 8.39. The fourth-order valence-electron chi connectivity index (χ4n) is 4.07. The maximum atomic E-state index is 13.0. The van der Waals surface area contributed by atoms with E-state index in [0.717, 1.165) is 30.4 Å². The fourth-order valence-corrected chi connectivity index (χ4v) is 5.04. The zero-order valence-electron chi connectivity index (χ0n) is 18.5. The Balaban J connectivity index is 1.58. The maximum absolute atomic E-state index is 13.0. The second kappa shape index (κ2) is 10.4. The Labute approximate surface area is 203 Å². The van der Waals surface area contributed by atoms with E-state index in [0.29, 0.717) is 35.4 Å². The van der Waals surface area contributed by atoms with Gasteiger partial charge in [-0.15, -0.1) is 10.2 Å². The highest BCUT2D eigenvalue weighted by molar-refractivity contribution is 8.00. The molecule has 1 saturated carbocycles. The lowest BCUT2D eigenvalue weighted by Crippen LogP contribution is -2.51. The van der Waals surface area contributed by atoms with E-state index in [4.69, 9.17) is 11.6 Å². The molecule has 1 unspecified atom stereocenters. The van der Waals surface area contributed by atoms with Crippen molar-refractivity contribution in [3.63, 3.8) is 0 Å². The average molecular weight is 480 g/mol. The molecule has 8 heteroatoms. The Hall–Kier alpha value is -2.82. The maximum Gasteiger partial charge on any atom is 0.234 e. The minimum absolute atomic E-state index is 0.147. The molecule has 0 spiro atoms. The van der Waals surface area contributed by atoms with Gasteiger partial charge < -0.3 is 5.32 Å². The number of hydrogen-bond donors (Lipinski definition) is 1. The molecule has 3 aromatic rings. The van der Waals surface area contributed by atoms with Crippen LogP contribution >= 0.6 is 23.4 Å². The highest BCUT2D eigenvalue weighted by Crippen LogP contribution is 2.31. The summed E-state index contributed by atoms with van der Waals surface area (Å²) in [6, 6.07) is 19.9. The van der Waals surface area contributed by atoms with Gasteiger partial charge in [0, 0.05) is 10.6 Å². The molecule has 1 aliphatic carbocycles. The van der Waals surface area contributed by atoms with Gasteiger partial charge in [0.05, 0.1) is 17.9 Å². The zero-order chi connectivity index (χ0) is 23.3. The molecule has 1 heterocycles. The first-order chi connectivity index (χ1) is 16.0. The smallest absolute Gasteiger partial charge is 0.234 e. The third-order valence-corrected chi connectivity index (χ3v) is 7.27. The highest BCUT2D eigenvalue weighted by Gasteiger charge is 2.35. The number of thioether (sulfide) groups is 1. The second-order valence-corrected chi connectivity index (χ2v) is 10.1. The Bertz CT molecular complexity index is 1130. The monoisotopic (exact) mass is 479 g/mol. The van der Waals surface area contributed by atoms with Crippen molar-refractivity contribution in [3.8, 4) is 17.5 Å². The number of hydrogen-bond acceptors (Lipinski definition) is 5. The lowest BCUT2D eigenvalue weighted by Gasteiger charge is -2.32. The van der Waals surface area contributed by atoms with Crippen LogP contribution in [0.15, 0.2) is 59.8 Å². The molecule has 0 radical (unpaired) electrons. The molecule has 2 aromatic carbocycles. The van der Waals surface area contributed by atoms with Gasteiger partial charge in [0.2, 0.25) is 5.91 Å². The molecule has 4 rings (SSSR count). The molecule has 1 aliphatic rings. The predicted octanol–water partition coefficient (Wildman–Crippen LogP) is 5.47. The van der Waals surface area contributed by atoms with Gasteiger partial charge in [-0.2, -0.15) is 5.26 Å². The molecule has 170 valence electrons. The summed E-state index contributed by atoms with van der Waals surface area (Å²) in [5, 5.41) is 22.5. The van der Waals surface area contributed by atoms with Crippen molar-refractivity contribution in [2.24, 2.45) is 0 Å². The fraction of sp³-hybridized carbons (Fsp3) is 0.360. The van der Waals surface area contributed by atoms with Crippen molar-refractivity contribution in [1.82, 2.24) is 20.1 Å². The van der Waals surface area contributed by atoms with Crippen LogP contribution in [0, 0.1) is 11.3 Å². The molecule has 1 fully saturated rings. The number of nitrogens with zero attached hydrogens (tertiary/aromatic N) is 4. The van der Waals surface area contributed by atoms with Crippen molar-refractivity contribution in [2.45, 2.75) is 61.5 Å². The molecule has 1 atom stereocenters. The van der Waals surface area contributed by atoms with E-state index in [2.05, 4.69) is 33.7 Å². The number of amides is 1. The van der Waals surface area contributed by atoms with Crippen LogP contribution in [-0.2, 0) is 11.3 Å². The molecule has 1 amide bonds. The Morgan fingerprint density at radius 1 is 1.15 bits per heavy atom. The van der Waals surface area contributed by atoms with Crippen LogP contribution < -0.4 is 5.32 Å². The molecule has 1 aromatic heterocycles. The first-order valence-corrected chi connectivity index (χ1v) is 12.4. The summed E-state index contributed by atoms with van der Waals surface area (Å²) in [5.41, 5.74) is 1.26. The highest BCUT2D eigenvalue weighted by atomic mass is 35.5. The van der Waals surface area contributed by atoms with Crippen molar-refractivity contribution in [1.29, 1.82) is 5.26 Å². The summed E-state index contributed by atoms with van der Waals surface area (Å²) in [4.78, 5) is 13.0. The van der Waals surface area contributed by atoms with E-state index < -0.39 is 10.8 Å². The number of carbonyl (C=O) groups is 1. The summed E-state index contributed by atoms with van der Waals surface area (Å²) in [5.74, 6) is 0.567. The topological polar surface area (TPSA) is 83.6 Å². The van der Waals surface area contributed by atoms with Gasteiger partial charge in [-0.1, -0.05) is 73.0 Å². The predicted molar refractivity (Wildman–Crippen MR) is 131 cm³/mol. The van der Waals surface area contributed by atoms with Crippen LogP contribution in [0.25, 0.3) is 11.4 Å². The SMILES string of the molecule is CC(Sc1nnc(-c2ccc(Cl)cc2)n1Cc1ccccc1)C(=O)NC1(C#N)CCCCC1. The minimum atomic E-state index is -0.754. The first kappa shape index (κ1) is 23.3. The molecular weight excluding hydrogens is 454 g/mol. The van der Waals surface area contributed by atoms with Crippen molar-refractivity contribution >= 4 is 29.3 Å². The summed E-state index contributed by atoms with van der Waals surface area (Å²) in [7, 11) is 0. The normalized spacial score (nSPS) is 16.0. The van der Waals surface area contributed by atoms with E-state index in [1.54, 1.807) is 0 Å². The molecule has 1 N–H and O–H groups in total. The van der Waals surface area contributed by atoms with E-state index in [-0.39, 0.29) is 5.91 Å². The Kier molecular flexibility index (Phi) is 7.36. The molecular formula is C25H26ClN5OS. The number of aromatic nitrogens is 3. The average Bonchev–Trinajstić information content (AvgIpc) is 3.22. The number of nitrogens with one attached hydrogen (secondary N) is 1. The number of benzene rings is 2. The van der Waals surface area contributed by atoms with Gasteiger partial charge in [0.25, 0.3) is 0 Å². The third-order valence-electron chi connectivity index (χ3n) is 5.94. The van der Waals surface area contributed by atoms with Gasteiger partial charge in [0.15, 0.2) is 11.0 Å². The van der Waals surface area contributed by atoms with Crippen LogP contribution in [0.2, 0.25) is 5.02 Å². The van der Waals surface area contributed by atoms with Crippen LogP contribution in [0.3, 0.4) is 0 Å². The summed E-state index contributed by atoms with van der Waals surface area (Å²) >= 11 is 7.42. The third kappa shape index (κ3) is 5.58. The van der Waals surface area contributed by atoms with E-state index >= 15 is 0 Å². The number of rotatable bonds is 7. The minimum Gasteiger partial charge on any atom is -0.337 e. The first-order valence-electron chi connectivity index (χ1n) is 11.1. The number of carbonyl (C=O) groups excluding carboxylic acids is 1. The quantitative estimate of drug-likeness (QED) is 0.454. The van der Waals surface area contributed by atoms with Crippen LogP contribution in [0.4, 0.5) is 0 Å². The van der Waals surface area contributed by atoms with Crippen LogP contribution in [0.1, 0.15) is 44.6 Å². The summed E-state index contributed by atoms with van der Waals surface area (Å²) in [6.07, 6.45) is 4.45. The van der Waals surface area contributed by atoms with Gasteiger partial charge in [-0.05, 0) is 49.6 Å². The molecule has 33 heavy (non-hydrogen) atoms. The summed E-state index contributed by atoms with van der Waals surface area (Å²) in [6.45, 7) is 2.42. The number of nitriles is 1. The molecule has 6 nitrogen and oxygen atoms in total. The standard InChI is InChI=1S/C25H26ClN5OS/c1-18(23(32)28-25(17-27)14-6-3-7-15-25)33-24-30-29-22(20-10-12-21(26)13-11-20)31(24)16-19-8-4-2-5-9-19/h2,4-5,8-13,18H,3,6-7,14-16H2,1H3,(H,28,32). The molecule has 0 aliphatic heterocycles. The largest absolute Gasteiger partial charge is 0.337 e. The van der Waals surface area contributed by atoms with Crippen molar-refractivity contribution in [3.05, 3.63) is 65.2 Å². The van der Waals surface area contributed by atoms with E-state index in [9.17, 15) is 10.1 Å². The lowest BCUT2D eigenvalue weighted by atomic mass is 9.83. The molecule has 0 saturated heterocycles. The van der Waals surface area contributed by atoms with E-state index in [1.807, 2.05) is 54.0 Å². The van der Waals surface area contributed by atoms with Crippen molar-refractivity contribution in [2.75, 3.05) is 0 Å². The number of halogens is 1. The van der Waals surface area contributed by atoms with Gasteiger partial charge >= 0.3 is 0 Å². The van der Waals surface area contributed by atoms with Crippen molar-refractivity contribution < 1.29 is 4.79 Å². The van der Waals surface area contributed by atoms with Gasteiger partial charge in [0.1, 0.15) is 5.54 Å². The van der Waals surface area contributed by atoms with Gasteiger partial charge in [-0.3, -0.25) is 9.36 Å². The zero-order valence-corrected chi connectivity index (χ0v) is 20.1. The Morgan fingerprint density at radius 2 is 1.85 bits per heavy atom. The van der Waals surface area contributed by atoms with E-state index in [1.165, 1.54) is 11.8 Å². The van der Waals surface area contributed by atoms with Gasteiger partial charge in [-0.25, -0.2) is 0 Å². The lowest BCUT2D eigenvalue weighted by molar-refractivity contribution is -0.121.